The summed E-state index contributed by atoms with van der Waals surface area (Å²) in [6.45, 7) is 3.20. The molecule has 2 aliphatic heterocycles. The number of hydrogen-bond donors (Lipinski definition) is 1. The van der Waals surface area contributed by atoms with E-state index in [4.69, 9.17) is 9.15 Å². The van der Waals surface area contributed by atoms with Crippen LogP contribution in [0.25, 0.3) is 0 Å². The predicted octanol–water partition coefficient (Wildman–Crippen LogP) is 4.30. The maximum atomic E-state index is 14.2. The van der Waals surface area contributed by atoms with Gasteiger partial charge in [-0.3, -0.25) is 19.3 Å². The second-order valence-electron chi connectivity index (χ2n) is 10.8. The van der Waals surface area contributed by atoms with E-state index in [1.165, 1.54) is 12.3 Å². The Bertz CT molecular complexity index is 1710. The molecule has 2 unspecified atom stereocenters. The fourth-order valence-corrected chi connectivity index (χ4v) is 5.70. The highest BCUT2D eigenvalue weighted by Crippen LogP contribution is 2.32. The van der Waals surface area contributed by atoms with E-state index in [2.05, 4.69) is 10.2 Å². The van der Waals surface area contributed by atoms with Gasteiger partial charge in [-0.1, -0.05) is 36.4 Å². The van der Waals surface area contributed by atoms with Crippen molar-refractivity contribution in [3.05, 3.63) is 123 Å². The molecule has 1 fully saturated rings. The first-order valence-corrected chi connectivity index (χ1v) is 14.1. The predicted molar refractivity (Wildman–Crippen MR) is 152 cm³/mol. The van der Waals surface area contributed by atoms with Crippen molar-refractivity contribution in [2.75, 3.05) is 6.54 Å². The molecule has 4 heterocycles. The third-order valence-corrected chi connectivity index (χ3v) is 7.95. The van der Waals surface area contributed by atoms with Crippen molar-refractivity contribution in [3.63, 3.8) is 0 Å². The normalized spacial score (nSPS) is 18.2. The molecular formula is C32H30F2N4O5. The molecule has 43 heavy (non-hydrogen) atoms. The van der Waals surface area contributed by atoms with Gasteiger partial charge in [-0.2, -0.15) is 0 Å². The first kappa shape index (κ1) is 28.4. The Morgan fingerprint density at radius 3 is 2.65 bits per heavy atom. The van der Waals surface area contributed by atoms with Crippen molar-refractivity contribution in [2.45, 2.75) is 51.8 Å². The molecule has 6 rings (SSSR count). The monoisotopic (exact) mass is 588 g/mol. The van der Waals surface area contributed by atoms with Gasteiger partial charge in [0.25, 0.3) is 11.8 Å². The molecule has 0 bridgehead atoms. The smallest absolute Gasteiger partial charge is 0.276 e. The summed E-state index contributed by atoms with van der Waals surface area (Å²) < 4.78 is 40.7. The van der Waals surface area contributed by atoms with Crippen LogP contribution in [0, 0.1) is 11.6 Å². The van der Waals surface area contributed by atoms with E-state index >= 15 is 0 Å². The Hall–Kier alpha value is -4.77. The number of nitrogens with one attached hydrogen (secondary N) is 1. The lowest BCUT2D eigenvalue weighted by molar-refractivity contribution is -0.0387. The number of carbonyl (C=O) groups excluding carboxylic acids is 2. The van der Waals surface area contributed by atoms with Crippen LogP contribution in [0.15, 0.2) is 82.3 Å². The van der Waals surface area contributed by atoms with Crippen LogP contribution >= 0.6 is 0 Å². The highest BCUT2D eigenvalue weighted by atomic mass is 19.1. The minimum atomic E-state index is -0.817. The van der Waals surface area contributed by atoms with Gasteiger partial charge in [0.05, 0.1) is 19.4 Å². The van der Waals surface area contributed by atoms with Gasteiger partial charge < -0.3 is 23.9 Å². The highest BCUT2D eigenvalue weighted by Gasteiger charge is 2.44. The number of rotatable bonds is 8. The molecule has 0 aliphatic carbocycles. The molecule has 0 radical (unpaired) electrons. The average Bonchev–Trinajstić information content (AvgIpc) is 3.51. The van der Waals surface area contributed by atoms with Crippen LogP contribution in [0.4, 0.5) is 8.78 Å². The fraction of sp³-hybridized carbons (Fsp3) is 0.281. The Kier molecular flexibility index (Phi) is 7.81. The van der Waals surface area contributed by atoms with E-state index in [9.17, 15) is 23.2 Å². The quantitative estimate of drug-likeness (QED) is 0.330. The lowest BCUT2D eigenvalue weighted by atomic mass is 10.0. The molecule has 11 heteroatoms. The SMILES string of the molecule is CC1CCN(Cc2ccco2)C2Cn3cc(C(=O)NCc4ccc(F)cc4F)c(=O)c(OCc4ccccc4)c3C(=O)N12. The van der Waals surface area contributed by atoms with Crippen LogP contribution in [-0.2, 0) is 26.2 Å². The van der Waals surface area contributed by atoms with Crippen molar-refractivity contribution in [2.24, 2.45) is 0 Å². The Labute approximate surface area is 246 Å². The highest BCUT2D eigenvalue weighted by molar-refractivity contribution is 5.99. The van der Waals surface area contributed by atoms with Gasteiger partial charge in [-0.25, -0.2) is 8.78 Å². The molecular weight excluding hydrogens is 558 g/mol. The summed E-state index contributed by atoms with van der Waals surface area (Å²) in [5.41, 5.74) is -0.0893. The number of furan rings is 1. The summed E-state index contributed by atoms with van der Waals surface area (Å²) in [4.78, 5) is 45.1. The van der Waals surface area contributed by atoms with Gasteiger partial charge in [0, 0.05) is 37.0 Å². The number of aromatic nitrogens is 1. The summed E-state index contributed by atoms with van der Waals surface area (Å²) in [7, 11) is 0. The molecule has 1 N–H and O–H groups in total. The summed E-state index contributed by atoms with van der Waals surface area (Å²) in [5, 5.41) is 2.55. The van der Waals surface area contributed by atoms with Gasteiger partial charge in [0.2, 0.25) is 5.43 Å². The Balaban J connectivity index is 1.37. The number of nitrogens with zero attached hydrogens (tertiary/aromatic N) is 3. The first-order chi connectivity index (χ1) is 20.8. The number of fused-ring (bicyclic) bond motifs is 2. The molecule has 222 valence electrons. The summed E-state index contributed by atoms with van der Waals surface area (Å²) in [6.07, 6.45) is 3.34. The van der Waals surface area contributed by atoms with E-state index in [1.807, 2.05) is 49.4 Å². The number of benzene rings is 2. The van der Waals surface area contributed by atoms with E-state index in [0.717, 1.165) is 36.4 Å². The minimum Gasteiger partial charge on any atom is -0.483 e. The number of hydrogen-bond acceptors (Lipinski definition) is 6. The van der Waals surface area contributed by atoms with Gasteiger partial charge >= 0.3 is 0 Å². The van der Waals surface area contributed by atoms with Crippen LogP contribution in [0.3, 0.4) is 0 Å². The number of halogens is 2. The molecule has 2 aromatic heterocycles. The first-order valence-electron chi connectivity index (χ1n) is 14.1. The third kappa shape index (κ3) is 5.68. The summed E-state index contributed by atoms with van der Waals surface area (Å²) >= 11 is 0. The van der Waals surface area contributed by atoms with Gasteiger partial charge in [-0.15, -0.1) is 0 Å². The Morgan fingerprint density at radius 2 is 1.91 bits per heavy atom. The molecule has 2 atom stereocenters. The molecule has 0 saturated carbocycles. The van der Waals surface area contributed by atoms with Crippen molar-refractivity contribution in [3.8, 4) is 5.75 Å². The van der Waals surface area contributed by atoms with Crippen LogP contribution in [-0.4, -0.2) is 44.9 Å². The lowest BCUT2D eigenvalue weighted by Crippen LogP contribution is -2.63. The molecule has 4 aromatic rings. The Morgan fingerprint density at radius 1 is 1.09 bits per heavy atom. The van der Waals surface area contributed by atoms with Crippen molar-refractivity contribution < 1.29 is 27.5 Å². The number of amides is 2. The van der Waals surface area contributed by atoms with Crippen molar-refractivity contribution >= 4 is 11.8 Å². The van der Waals surface area contributed by atoms with E-state index < -0.39 is 23.0 Å². The second kappa shape index (κ2) is 11.8. The summed E-state index contributed by atoms with van der Waals surface area (Å²) in [5.74, 6) is -2.15. The zero-order chi connectivity index (χ0) is 30.1. The number of pyridine rings is 1. The van der Waals surface area contributed by atoms with E-state index in [0.29, 0.717) is 6.54 Å². The number of ether oxygens (including phenoxy) is 1. The maximum Gasteiger partial charge on any atom is 0.276 e. The van der Waals surface area contributed by atoms with Gasteiger partial charge in [0.15, 0.2) is 11.4 Å². The minimum absolute atomic E-state index is 0.00578. The van der Waals surface area contributed by atoms with Crippen LogP contribution in [0.5, 0.6) is 5.75 Å². The van der Waals surface area contributed by atoms with Crippen LogP contribution in [0.2, 0.25) is 0 Å². The molecule has 1 saturated heterocycles. The largest absolute Gasteiger partial charge is 0.483 e. The zero-order valence-electron chi connectivity index (χ0n) is 23.5. The van der Waals surface area contributed by atoms with Crippen molar-refractivity contribution in [1.29, 1.82) is 0 Å². The molecule has 2 amide bonds. The van der Waals surface area contributed by atoms with Gasteiger partial charge in [-0.05, 0) is 37.1 Å². The fourth-order valence-electron chi connectivity index (χ4n) is 5.70. The molecule has 0 spiro atoms. The van der Waals surface area contributed by atoms with Gasteiger partial charge in [0.1, 0.15) is 35.7 Å². The van der Waals surface area contributed by atoms with Crippen molar-refractivity contribution in [1.82, 2.24) is 19.7 Å². The zero-order valence-corrected chi connectivity index (χ0v) is 23.5. The third-order valence-electron chi connectivity index (χ3n) is 7.95. The molecule has 9 nitrogen and oxygen atoms in total. The van der Waals surface area contributed by atoms with Crippen LogP contribution < -0.4 is 15.5 Å². The van der Waals surface area contributed by atoms with E-state index in [1.54, 1.807) is 15.7 Å². The topological polar surface area (TPSA) is 97.0 Å². The average molecular weight is 589 g/mol. The van der Waals surface area contributed by atoms with E-state index in [-0.39, 0.29) is 60.4 Å². The molecule has 2 aromatic carbocycles. The molecule has 2 aliphatic rings. The summed E-state index contributed by atoms with van der Waals surface area (Å²) in [6, 6.07) is 15.8. The second-order valence-corrected chi connectivity index (χ2v) is 10.8. The number of carbonyl (C=O) groups is 2. The lowest BCUT2D eigenvalue weighted by Gasteiger charge is -2.50. The maximum absolute atomic E-state index is 14.2. The van der Waals surface area contributed by atoms with Crippen LogP contribution in [0.1, 0.15) is 51.1 Å². The standard InChI is InChI=1S/C32H30F2N4O5/c1-20-11-12-36(16-24-8-5-13-42-24)27-18-37-17-25(31(40)35-15-22-9-10-23(33)14-26(22)34)29(39)30(28(37)32(41)38(20)27)43-19-21-6-3-2-4-7-21/h2-10,13-14,17,20,27H,11-12,15-16,18-19H2,1H3,(H,35,40).